The molecule has 252 valence electrons. The lowest BCUT2D eigenvalue weighted by Gasteiger charge is -2.47. The molecule has 1 unspecified atom stereocenters. The Morgan fingerprint density at radius 2 is 1.44 bits per heavy atom. The van der Waals surface area contributed by atoms with Crippen LogP contribution in [0, 0.1) is 5.41 Å². The van der Waals surface area contributed by atoms with E-state index in [1.165, 1.54) is 14.2 Å². The molecule has 0 N–H and O–H groups in total. The van der Waals surface area contributed by atoms with Crippen LogP contribution in [0.5, 0.6) is 0 Å². The van der Waals surface area contributed by atoms with Crippen molar-refractivity contribution in [2.45, 2.75) is 127 Å². The minimum Gasteiger partial charge on any atom is -0.495 e. The first kappa shape index (κ1) is 36.5. The van der Waals surface area contributed by atoms with Gasteiger partial charge in [-0.05, 0) is 59.9 Å². The van der Waals surface area contributed by atoms with Gasteiger partial charge in [-0.1, -0.05) is 71.9 Å². The van der Waals surface area contributed by atoms with Crippen molar-refractivity contribution < 1.29 is 32.6 Å². The third-order valence-electron chi connectivity index (χ3n) is 11.2. The number of benzene rings is 1. The Morgan fingerprint density at radius 1 is 0.889 bits per heavy atom. The lowest BCUT2D eigenvalue weighted by molar-refractivity contribution is -0.200. The van der Waals surface area contributed by atoms with Crippen LogP contribution < -0.4 is 0 Å². The highest BCUT2D eigenvalue weighted by molar-refractivity contribution is 6.74. The third kappa shape index (κ3) is 6.10. The Balaban J connectivity index is 1.97. The van der Waals surface area contributed by atoms with Gasteiger partial charge in [0.2, 0.25) is 5.78 Å². The SMILES string of the molecule is COC1=C2C[C@H](Cl)C3(C2=CC(=O)C1(OC)OC)[C@@H](O[Si](C)(C)C(C)(C)C)C[C@@H](O[Si](C)(C)C(C)(C)C)[C@H]3OCc1ccccc1. The van der Waals surface area contributed by atoms with E-state index >= 15 is 0 Å². The first-order valence-corrected chi connectivity index (χ1v) is 22.3. The third-order valence-corrected chi connectivity index (χ3v) is 20.7. The number of methoxy groups -OCH3 is 3. The van der Waals surface area contributed by atoms with Crippen LogP contribution in [0.1, 0.15) is 59.9 Å². The summed E-state index contributed by atoms with van der Waals surface area (Å²) in [5.41, 5.74) is 1.76. The summed E-state index contributed by atoms with van der Waals surface area (Å²) in [4.78, 5) is 14.0. The quantitative estimate of drug-likeness (QED) is 0.140. The van der Waals surface area contributed by atoms with Crippen molar-refractivity contribution in [1.82, 2.24) is 0 Å². The summed E-state index contributed by atoms with van der Waals surface area (Å²) in [7, 11) is -0.164. The summed E-state index contributed by atoms with van der Waals surface area (Å²) in [6.45, 7) is 22.9. The first-order valence-electron chi connectivity index (χ1n) is 16.0. The zero-order valence-corrected chi connectivity index (χ0v) is 32.4. The standard InChI is InChI=1S/C35H55ClO7Si2/c1-32(2,3)44(10,11)42-26-21-29(43-45(12,13)33(4,5)6)34(31(26)41-22-23-17-15-14-16-18-23)25-20-28(37)35(39-8,40-9)30(38-7)24(25)19-27(34)36/h14-18,20,26-27,29,31H,19,21-22H2,1-13H3/t26-,27+,29+,31-,34?/m1/s1. The molecule has 5 atom stereocenters. The van der Waals surface area contributed by atoms with Gasteiger partial charge in [-0.3, -0.25) is 4.79 Å². The van der Waals surface area contributed by atoms with Crippen LogP contribution in [0.2, 0.25) is 36.3 Å². The molecular weight excluding hydrogens is 624 g/mol. The second kappa shape index (κ2) is 12.6. The highest BCUT2D eigenvalue weighted by Gasteiger charge is 2.69. The van der Waals surface area contributed by atoms with Crippen LogP contribution in [0.3, 0.4) is 0 Å². The predicted octanol–water partition coefficient (Wildman–Crippen LogP) is 8.15. The zero-order valence-electron chi connectivity index (χ0n) is 29.6. The van der Waals surface area contributed by atoms with Gasteiger partial charge in [-0.25, -0.2) is 0 Å². The Labute approximate surface area is 278 Å². The van der Waals surface area contributed by atoms with Gasteiger partial charge < -0.3 is 27.8 Å². The van der Waals surface area contributed by atoms with Gasteiger partial charge in [0.15, 0.2) is 22.4 Å². The molecule has 0 amide bonds. The molecule has 0 aliphatic heterocycles. The number of carbonyl (C=O) groups is 1. The lowest BCUT2D eigenvalue weighted by atomic mass is 9.73. The number of ketones is 1. The van der Waals surface area contributed by atoms with E-state index in [1.54, 1.807) is 13.2 Å². The maximum absolute atomic E-state index is 14.0. The van der Waals surface area contributed by atoms with E-state index in [1.807, 2.05) is 18.2 Å². The maximum atomic E-state index is 14.0. The van der Waals surface area contributed by atoms with Gasteiger partial charge in [0.05, 0.1) is 42.8 Å². The number of alkyl halides is 1. The molecule has 1 aromatic rings. The van der Waals surface area contributed by atoms with Gasteiger partial charge >= 0.3 is 0 Å². The van der Waals surface area contributed by atoms with Crippen LogP contribution in [0.25, 0.3) is 0 Å². The minimum absolute atomic E-state index is 0.0244. The summed E-state index contributed by atoms with van der Waals surface area (Å²) in [5.74, 6) is -1.70. The largest absolute Gasteiger partial charge is 0.495 e. The number of fused-ring (bicyclic) bond motifs is 2. The monoisotopic (exact) mass is 678 g/mol. The molecule has 45 heavy (non-hydrogen) atoms. The van der Waals surface area contributed by atoms with Gasteiger partial charge in [0, 0.05) is 26.2 Å². The van der Waals surface area contributed by atoms with Gasteiger partial charge in [0.25, 0.3) is 5.79 Å². The molecule has 1 spiro atoms. The fourth-order valence-corrected chi connectivity index (χ4v) is 9.88. The number of rotatable bonds is 10. The van der Waals surface area contributed by atoms with Crippen molar-refractivity contribution in [1.29, 1.82) is 0 Å². The predicted molar refractivity (Wildman–Crippen MR) is 184 cm³/mol. The fourth-order valence-electron chi connectivity index (χ4n) is 6.66. The van der Waals surface area contributed by atoms with E-state index in [9.17, 15) is 4.79 Å². The van der Waals surface area contributed by atoms with Crippen molar-refractivity contribution in [3.63, 3.8) is 0 Å². The van der Waals surface area contributed by atoms with Crippen molar-refractivity contribution >= 4 is 34.0 Å². The summed E-state index contributed by atoms with van der Waals surface area (Å²) < 4.78 is 39.1. The highest BCUT2D eigenvalue weighted by atomic mass is 35.5. The number of hydrogen-bond acceptors (Lipinski definition) is 7. The van der Waals surface area contributed by atoms with Crippen molar-refractivity contribution in [2.24, 2.45) is 5.41 Å². The molecule has 3 aliphatic carbocycles. The van der Waals surface area contributed by atoms with Gasteiger partial charge in [-0.15, -0.1) is 11.6 Å². The molecule has 0 bridgehead atoms. The van der Waals surface area contributed by atoms with Crippen molar-refractivity contribution in [3.05, 3.63) is 58.9 Å². The molecule has 3 aliphatic rings. The van der Waals surface area contributed by atoms with E-state index in [0.717, 1.165) is 16.7 Å². The molecule has 0 heterocycles. The Hall–Kier alpha value is -1.31. The van der Waals surface area contributed by atoms with Gasteiger partial charge in [0.1, 0.15) is 0 Å². The number of hydrogen-bond donors (Lipinski definition) is 0. The Bertz CT molecular complexity index is 1310. The van der Waals surface area contributed by atoms with Crippen LogP contribution >= 0.6 is 11.6 Å². The van der Waals surface area contributed by atoms with Crippen molar-refractivity contribution in [2.75, 3.05) is 21.3 Å². The van der Waals surface area contributed by atoms with E-state index in [4.69, 9.17) is 39.4 Å². The molecule has 7 nitrogen and oxygen atoms in total. The zero-order chi connectivity index (χ0) is 33.8. The molecule has 10 heteroatoms. The topological polar surface area (TPSA) is 72.5 Å². The molecule has 0 aromatic heterocycles. The average molecular weight is 679 g/mol. The van der Waals surface area contributed by atoms with E-state index < -0.39 is 39.3 Å². The molecule has 2 saturated carbocycles. The Kier molecular flexibility index (Phi) is 10.2. The summed E-state index contributed by atoms with van der Waals surface area (Å²) >= 11 is 7.63. The molecule has 1 aromatic carbocycles. The average Bonchev–Trinajstić information content (AvgIpc) is 3.39. The lowest BCUT2D eigenvalue weighted by Crippen LogP contribution is -2.55. The van der Waals surface area contributed by atoms with Crippen LogP contribution in [0.4, 0.5) is 0 Å². The minimum atomic E-state index is -2.34. The van der Waals surface area contributed by atoms with Crippen LogP contribution in [-0.4, -0.2) is 73.2 Å². The smallest absolute Gasteiger partial charge is 0.293 e. The van der Waals surface area contributed by atoms with Crippen LogP contribution in [0.15, 0.2) is 53.3 Å². The molecule has 2 fully saturated rings. The molecular formula is C35H55ClO7Si2. The maximum Gasteiger partial charge on any atom is 0.293 e. The summed E-state index contributed by atoms with van der Waals surface area (Å²) in [5, 5.41) is -0.546. The number of halogens is 1. The number of ether oxygens (including phenoxy) is 4. The normalized spacial score (nSPS) is 28.9. The fraction of sp³-hybridized carbons (Fsp3) is 0.686. The molecule has 0 radical (unpaired) electrons. The van der Waals surface area contributed by atoms with Crippen LogP contribution in [-0.2, 0) is 39.2 Å². The summed E-state index contributed by atoms with van der Waals surface area (Å²) in [6.07, 6.45) is 1.54. The van der Waals surface area contributed by atoms with Gasteiger partial charge in [-0.2, -0.15) is 0 Å². The number of carbonyl (C=O) groups excluding carboxylic acids is 1. The van der Waals surface area contributed by atoms with E-state index in [2.05, 4.69) is 79.9 Å². The first-order chi connectivity index (χ1) is 20.7. The van der Waals surface area contributed by atoms with E-state index in [-0.39, 0.29) is 28.1 Å². The molecule has 4 rings (SSSR count). The number of allylic oxidation sites excluding steroid dienone is 1. The van der Waals surface area contributed by atoms with E-state index in [0.29, 0.717) is 25.2 Å². The van der Waals surface area contributed by atoms with Crippen molar-refractivity contribution in [3.8, 4) is 0 Å². The summed E-state index contributed by atoms with van der Waals surface area (Å²) in [6, 6.07) is 10.1. The highest BCUT2D eigenvalue weighted by Crippen LogP contribution is 2.64. The molecule has 0 saturated heterocycles. The Morgan fingerprint density at radius 3 is 1.96 bits per heavy atom. The second-order valence-electron chi connectivity index (χ2n) is 15.8. The second-order valence-corrected chi connectivity index (χ2v) is 25.8.